The lowest BCUT2D eigenvalue weighted by atomic mass is 10.3. The van der Waals surface area contributed by atoms with E-state index in [-0.39, 0.29) is 5.75 Å². The first-order valence-electron chi connectivity index (χ1n) is 8.65. The molecule has 0 bridgehead atoms. The van der Waals surface area contributed by atoms with Crippen LogP contribution in [0.25, 0.3) is 0 Å². The third kappa shape index (κ3) is 4.53. The number of benzene rings is 3. The van der Waals surface area contributed by atoms with E-state index in [0.717, 1.165) is 55.6 Å². The van der Waals surface area contributed by atoms with E-state index in [1.165, 1.54) is 0 Å². The zero-order valence-electron chi connectivity index (χ0n) is 16.2. The summed E-state index contributed by atoms with van der Waals surface area (Å²) in [5.74, 6) is -3.82. The van der Waals surface area contributed by atoms with Crippen molar-refractivity contribution in [1.82, 2.24) is 0 Å². The number of ether oxygens (including phenoxy) is 1. The Labute approximate surface area is 182 Å². The molecule has 0 heterocycles. The molecule has 170 valence electrons. The Kier molecular flexibility index (Phi) is 6.14. The van der Waals surface area contributed by atoms with Gasteiger partial charge in [0.15, 0.2) is 11.6 Å². The zero-order valence-corrected chi connectivity index (χ0v) is 17.8. The number of nitrogens with one attached hydrogen (secondary N) is 2. The number of hydrogen-bond donors (Lipinski definition) is 4. The van der Waals surface area contributed by atoms with E-state index in [0.29, 0.717) is 6.07 Å². The minimum Gasteiger partial charge on any atom is -0.506 e. The molecule has 0 fully saturated rings. The molecular formula is C19H16F2N2O7S2. The fraction of sp³-hybridized carbons (Fsp3) is 0.0526. The Balaban J connectivity index is 2.07. The minimum absolute atomic E-state index is 0.291. The van der Waals surface area contributed by atoms with Crippen LogP contribution in [0.1, 0.15) is 0 Å². The van der Waals surface area contributed by atoms with E-state index < -0.39 is 64.3 Å². The molecule has 0 atom stereocenters. The van der Waals surface area contributed by atoms with Crippen LogP contribution in [-0.4, -0.2) is 34.2 Å². The molecule has 3 aromatic carbocycles. The van der Waals surface area contributed by atoms with Crippen LogP contribution in [0.4, 0.5) is 20.2 Å². The second-order valence-corrected chi connectivity index (χ2v) is 9.62. The number of phenols is 2. The Bertz CT molecular complexity index is 1350. The highest BCUT2D eigenvalue weighted by molar-refractivity contribution is 7.93. The van der Waals surface area contributed by atoms with Crippen molar-refractivity contribution in [3.8, 4) is 17.2 Å². The first-order valence-corrected chi connectivity index (χ1v) is 11.6. The lowest BCUT2D eigenvalue weighted by molar-refractivity contribution is 0.402. The van der Waals surface area contributed by atoms with Gasteiger partial charge in [0.05, 0.1) is 12.0 Å². The fourth-order valence-electron chi connectivity index (χ4n) is 2.64. The first kappa shape index (κ1) is 23.1. The third-order valence-corrected chi connectivity index (χ3v) is 6.91. The number of aromatic hydroxyl groups is 2. The minimum atomic E-state index is -4.66. The zero-order chi connectivity index (χ0) is 23.7. The monoisotopic (exact) mass is 486 g/mol. The van der Waals surface area contributed by atoms with Gasteiger partial charge in [-0.1, -0.05) is 12.1 Å². The van der Waals surface area contributed by atoms with Crippen LogP contribution >= 0.6 is 0 Å². The molecule has 0 aromatic heterocycles. The average Bonchev–Trinajstić information content (AvgIpc) is 2.73. The second-order valence-electron chi connectivity index (χ2n) is 6.29. The molecule has 3 aromatic rings. The third-order valence-electron chi connectivity index (χ3n) is 4.19. The number of para-hydroxylation sites is 2. The van der Waals surface area contributed by atoms with Crippen LogP contribution in [0.5, 0.6) is 17.2 Å². The van der Waals surface area contributed by atoms with E-state index in [1.54, 1.807) is 0 Å². The van der Waals surface area contributed by atoms with Crippen molar-refractivity contribution in [3.05, 3.63) is 66.2 Å². The first-order chi connectivity index (χ1) is 15.0. The molecule has 3 rings (SSSR count). The van der Waals surface area contributed by atoms with Gasteiger partial charge in [-0.2, -0.15) is 0 Å². The number of anilines is 2. The Morgan fingerprint density at radius 3 is 1.75 bits per heavy atom. The molecule has 4 N–H and O–H groups in total. The van der Waals surface area contributed by atoms with Gasteiger partial charge in [0.25, 0.3) is 20.0 Å². The van der Waals surface area contributed by atoms with Crippen molar-refractivity contribution in [2.45, 2.75) is 9.79 Å². The topological polar surface area (TPSA) is 142 Å². The van der Waals surface area contributed by atoms with Gasteiger partial charge in [-0.15, -0.1) is 0 Å². The van der Waals surface area contributed by atoms with Crippen molar-refractivity contribution in [1.29, 1.82) is 0 Å². The number of sulfonamides is 2. The molecular weight excluding hydrogens is 470 g/mol. The summed E-state index contributed by atoms with van der Waals surface area (Å²) in [5.41, 5.74) is -1.49. The maximum absolute atomic E-state index is 14.0. The molecule has 0 unspecified atom stereocenters. The summed E-state index contributed by atoms with van der Waals surface area (Å²) in [4.78, 5) is -1.33. The van der Waals surface area contributed by atoms with Gasteiger partial charge < -0.3 is 14.9 Å². The molecule has 0 aliphatic heterocycles. The summed E-state index contributed by atoms with van der Waals surface area (Å²) in [6, 6.07) is 8.92. The maximum Gasteiger partial charge on any atom is 0.265 e. The second kappa shape index (κ2) is 8.51. The lowest BCUT2D eigenvalue weighted by Crippen LogP contribution is -2.18. The summed E-state index contributed by atoms with van der Waals surface area (Å²) in [6.07, 6.45) is 0. The summed E-state index contributed by atoms with van der Waals surface area (Å²) < 4.78 is 87.7. The standard InChI is InChI=1S/C19H16F2N2O7S2/c1-30-16-9-8-11(31(26,27)22-18-12(20)4-2-6-14(18)24)10-17(16)32(28,29)23-19-13(21)5-3-7-15(19)25/h2-10,22-25H,1H3. The van der Waals surface area contributed by atoms with Gasteiger partial charge in [-0.3, -0.25) is 9.44 Å². The van der Waals surface area contributed by atoms with Crippen molar-refractivity contribution in [2.24, 2.45) is 0 Å². The quantitative estimate of drug-likeness (QED) is 0.376. The van der Waals surface area contributed by atoms with Crippen molar-refractivity contribution in [3.63, 3.8) is 0 Å². The van der Waals surface area contributed by atoms with Crippen LogP contribution in [-0.2, 0) is 20.0 Å². The molecule has 0 saturated carbocycles. The number of hydrogen-bond acceptors (Lipinski definition) is 7. The highest BCUT2D eigenvalue weighted by Crippen LogP contribution is 2.34. The van der Waals surface area contributed by atoms with Crippen LogP contribution in [0, 0.1) is 11.6 Å². The summed E-state index contributed by atoms with van der Waals surface area (Å²) >= 11 is 0. The maximum atomic E-state index is 14.0. The molecule has 13 heteroatoms. The van der Waals surface area contributed by atoms with Crippen molar-refractivity contribution in [2.75, 3.05) is 16.6 Å². The summed E-state index contributed by atoms with van der Waals surface area (Å²) in [6.45, 7) is 0. The molecule has 9 nitrogen and oxygen atoms in total. The Morgan fingerprint density at radius 2 is 1.28 bits per heavy atom. The summed E-state index contributed by atoms with van der Waals surface area (Å²) in [5, 5.41) is 19.5. The molecule has 32 heavy (non-hydrogen) atoms. The SMILES string of the molecule is COc1ccc(S(=O)(=O)Nc2c(O)cccc2F)cc1S(=O)(=O)Nc1c(O)cccc1F. The highest BCUT2D eigenvalue weighted by atomic mass is 32.2. The average molecular weight is 486 g/mol. The molecule has 0 spiro atoms. The van der Waals surface area contributed by atoms with E-state index in [9.17, 15) is 35.8 Å². The van der Waals surface area contributed by atoms with E-state index in [4.69, 9.17) is 4.74 Å². The smallest absolute Gasteiger partial charge is 0.265 e. The lowest BCUT2D eigenvalue weighted by Gasteiger charge is -2.15. The predicted octanol–water partition coefficient (Wildman–Crippen LogP) is 2.99. The molecule has 0 radical (unpaired) electrons. The Hall–Kier alpha value is -3.58. The molecule has 0 aliphatic carbocycles. The van der Waals surface area contributed by atoms with Crippen LogP contribution in [0.2, 0.25) is 0 Å². The number of phenolic OH excluding ortho intramolecular Hbond substituents is 2. The van der Waals surface area contributed by atoms with Gasteiger partial charge >= 0.3 is 0 Å². The number of halogens is 2. The Morgan fingerprint density at radius 1 is 0.781 bits per heavy atom. The van der Waals surface area contributed by atoms with Crippen LogP contribution < -0.4 is 14.2 Å². The van der Waals surface area contributed by atoms with Crippen LogP contribution in [0.3, 0.4) is 0 Å². The van der Waals surface area contributed by atoms with Crippen LogP contribution in [0.15, 0.2) is 64.4 Å². The normalized spacial score (nSPS) is 11.7. The molecule has 0 amide bonds. The molecule has 0 saturated heterocycles. The van der Waals surface area contributed by atoms with E-state index >= 15 is 0 Å². The van der Waals surface area contributed by atoms with Crippen molar-refractivity contribution >= 4 is 31.4 Å². The predicted molar refractivity (Wildman–Crippen MR) is 111 cm³/mol. The van der Waals surface area contributed by atoms with Gasteiger partial charge in [0.1, 0.15) is 33.5 Å². The number of rotatable bonds is 7. The van der Waals surface area contributed by atoms with Gasteiger partial charge in [0, 0.05) is 0 Å². The highest BCUT2D eigenvalue weighted by Gasteiger charge is 2.27. The number of methoxy groups -OCH3 is 1. The van der Waals surface area contributed by atoms with E-state index in [1.807, 2.05) is 9.44 Å². The molecule has 0 aliphatic rings. The van der Waals surface area contributed by atoms with Gasteiger partial charge in [0.2, 0.25) is 0 Å². The van der Waals surface area contributed by atoms with E-state index in [2.05, 4.69) is 0 Å². The fourth-order valence-corrected chi connectivity index (χ4v) is 5.11. The summed E-state index contributed by atoms with van der Waals surface area (Å²) in [7, 11) is -8.12. The van der Waals surface area contributed by atoms with Gasteiger partial charge in [-0.25, -0.2) is 25.6 Å². The van der Waals surface area contributed by atoms with Crippen molar-refractivity contribution < 1.29 is 40.6 Å². The largest absolute Gasteiger partial charge is 0.506 e. The van der Waals surface area contributed by atoms with Gasteiger partial charge in [-0.05, 0) is 42.5 Å².